The molecule has 8 nitrogen and oxygen atoms in total. The molecule has 0 aromatic carbocycles. The average Bonchev–Trinajstić information content (AvgIpc) is 3.07. The van der Waals surface area contributed by atoms with Gasteiger partial charge in [-0.25, -0.2) is 18.0 Å². The van der Waals surface area contributed by atoms with Crippen LogP contribution in [0.2, 0.25) is 0 Å². The fourth-order valence-corrected chi connectivity index (χ4v) is 3.46. The summed E-state index contributed by atoms with van der Waals surface area (Å²) in [7, 11) is -5.02. The van der Waals surface area contributed by atoms with Gasteiger partial charge in [0.05, 0.1) is 5.92 Å². The van der Waals surface area contributed by atoms with Crippen LogP contribution in [0.4, 0.5) is 8.78 Å². The Labute approximate surface area is 142 Å². The Morgan fingerprint density at radius 3 is 2.60 bits per heavy atom. The Kier molecular flexibility index (Phi) is 5.35. The molecule has 0 bridgehead atoms. The molecule has 1 saturated heterocycles. The maximum atomic E-state index is 13.2. The van der Waals surface area contributed by atoms with Crippen LogP contribution in [0.15, 0.2) is 0 Å². The second-order valence-electron chi connectivity index (χ2n) is 6.16. The first-order valence-electron chi connectivity index (χ1n) is 7.59. The van der Waals surface area contributed by atoms with E-state index in [1.54, 1.807) is 0 Å². The van der Waals surface area contributed by atoms with Crippen LogP contribution < -0.4 is 0 Å². The molecule has 2 rings (SSSR count). The Morgan fingerprint density at radius 2 is 2.00 bits per heavy atom. The average molecular weight is 384 g/mol. The third-order valence-corrected chi connectivity index (χ3v) is 5.45. The minimum Gasteiger partial charge on any atom is -0.458 e. The SMILES string of the molecule is CC(OC(=O)COC(=O)C(F)(F)S(C)(=O)=O)C1OC(=O)C2CCCC21. The summed E-state index contributed by atoms with van der Waals surface area (Å²) >= 11 is 0. The predicted octanol–water partition coefficient (Wildman–Crippen LogP) is 0.440. The van der Waals surface area contributed by atoms with Crippen molar-refractivity contribution in [1.29, 1.82) is 0 Å². The van der Waals surface area contributed by atoms with Gasteiger partial charge in [-0.1, -0.05) is 6.42 Å². The second kappa shape index (κ2) is 6.85. The van der Waals surface area contributed by atoms with Crippen LogP contribution >= 0.6 is 0 Å². The number of hydrogen-bond acceptors (Lipinski definition) is 8. The number of ether oxygens (including phenoxy) is 3. The van der Waals surface area contributed by atoms with Gasteiger partial charge in [0, 0.05) is 12.2 Å². The van der Waals surface area contributed by atoms with Crippen LogP contribution in [-0.2, 0) is 38.4 Å². The molecule has 4 atom stereocenters. The molecule has 1 saturated carbocycles. The molecule has 0 aromatic rings. The van der Waals surface area contributed by atoms with Gasteiger partial charge < -0.3 is 14.2 Å². The number of esters is 3. The number of alkyl halides is 2. The fraction of sp³-hybridized carbons (Fsp3) is 0.786. The van der Waals surface area contributed by atoms with E-state index < -0.39 is 45.8 Å². The lowest BCUT2D eigenvalue weighted by Crippen LogP contribution is -2.40. The summed E-state index contributed by atoms with van der Waals surface area (Å²) in [6, 6.07) is 0. The van der Waals surface area contributed by atoms with Crippen molar-refractivity contribution in [3.05, 3.63) is 0 Å². The molecule has 25 heavy (non-hydrogen) atoms. The van der Waals surface area contributed by atoms with Crippen LogP contribution in [0, 0.1) is 11.8 Å². The molecule has 2 fully saturated rings. The van der Waals surface area contributed by atoms with Crippen LogP contribution in [0.3, 0.4) is 0 Å². The van der Waals surface area contributed by atoms with E-state index in [9.17, 15) is 31.6 Å². The Hall–Kier alpha value is -1.78. The molecular formula is C14H18F2O8S. The third-order valence-electron chi connectivity index (χ3n) is 4.35. The summed E-state index contributed by atoms with van der Waals surface area (Å²) in [5.41, 5.74) is 0. The van der Waals surface area contributed by atoms with Crippen molar-refractivity contribution >= 4 is 27.7 Å². The molecule has 142 valence electrons. The lowest BCUT2D eigenvalue weighted by molar-refractivity contribution is -0.174. The molecule has 0 aromatic heterocycles. The van der Waals surface area contributed by atoms with E-state index in [1.165, 1.54) is 6.92 Å². The third kappa shape index (κ3) is 3.91. The van der Waals surface area contributed by atoms with E-state index in [-0.39, 0.29) is 24.1 Å². The number of carbonyl (C=O) groups excluding carboxylic acids is 3. The predicted molar refractivity (Wildman–Crippen MR) is 77.0 cm³/mol. The summed E-state index contributed by atoms with van der Waals surface area (Å²) in [6.45, 7) is 0.298. The van der Waals surface area contributed by atoms with Gasteiger partial charge in [0.1, 0.15) is 12.2 Å². The van der Waals surface area contributed by atoms with Gasteiger partial charge in [-0.3, -0.25) is 4.79 Å². The van der Waals surface area contributed by atoms with Gasteiger partial charge in [-0.2, -0.15) is 8.78 Å². The van der Waals surface area contributed by atoms with E-state index in [0.29, 0.717) is 6.42 Å². The van der Waals surface area contributed by atoms with Crippen molar-refractivity contribution in [3.8, 4) is 0 Å². The number of cyclic esters (lactones) is 1. The lowest BCUT2D eigenvalue weighted by Gasteiger charge is -2.23. The van der Waals surface area contributed by atoms with E-state index >= 15 is 0 Å². The highest BCUT2D eigenvalue weighted by atomic mass is 32.2. The van der Waals surface area contributed by atoms with Gasteiger partial charge in [0.2, 0.25) is 9.84 Å². The highest BCUT2D eigenvalue weighted by Gasteiger charge is 2.52. The maximum absolute atomic E-state index is 13.2. The summed E-state index contributed by atoms with van der Waals surface area (Å²) in [5.74, 6) is -4.16. The molecule has 1 aliphatic carbocycles. The topological polar surface area (TPSA) is 113 Å². The number of hydrogen-bond donors (Lipinski definition) is 0. The second-order valence-corrected chi connectivity index (χ2v) is 8.22. The molecule has 0 amide bonds. The summed E-state index contributed by atoms with van der Waals surface area (Å²) in [6.07, 6.45) is 0.994. The van der Waals surface area contributed by atoms with Crippen molar-refractivity contribution < 1.29 is 45.8 Å². The molecule has 2 aliphatic rings. The van der Waals surface area contributed by atoms with Crippen molar-refractivity contribution in [2.24, 2.45) is 11.8 Å². The smallest absolute Gasteiger partial charge is 0.439 e. The first-order chi connectivity index (χ1) is 11.4. The van der Waals surface area contributed by atoms with Crippen LogP contribution in [0.1, 0.15) is 26.2 Å². The first kappa shape index (κ1) is 19.5. The highest BCUT2D eigenvalue weighted by molar-refractivity contribution is 7.92. The standard InChI is InChI=1S/C14H18F2O8S/c1-7(11-8-4-3-5-9(8)12(18)24-11)23-10(17)6-22-13(19)14(15,16)25(2,20)21/h7-9,11H,3-6H2,1-2H3. The van der Waals surface area contributed by atoms with Crippen molar-refractivity contribution in [1.82, 2.24) is 0 Å². The summed E-state index contributed by atoms with van der Waals surface area (Å²) < 4.78 is 62.2. The van der Waals surface area contributed by atoms with Gasteiger partial charge >= 0.3 is 23.2 Å². The highest BCUT2D eigenvalue weighted by Crippen LogP contribution is 2.42. The quantitative estimate of drug-likeness (QED) is 0.479. The fourth-order valence-electron chi connectivity index (χ4n) is 3.10. The molecule has 11 heteroatoms. The van der Waals surface area contributed by atoms with E-state index in [2.05, 4.69) is 4.74 Å². The Balaban J connectivity index is 1.86. The largest absolute Gasteiger partial charge is 0.458 e. The van der Waals surface area contributed by atoms with Crippen molar-refractivity contribution in [2.75, 3.05) is 12.9 Å². The summed E-state index contributed by atoms with van der Waals surface area (Å²) in [4.78, 5) is 34.5. The van der Waals surface area contributed by atoms with Crippen LogP contribution in [-0.4, -0.2) is 56.7 Å². The number of carbonyl (C=O) groups is 3. The molecule has 0 N–H and O–H groups in total. The molecular weight excluding hydrogens is 366 g/mol. The zero-order valence-electron chi connectivity index (χ0n) is 13.6. The lowest BCUT2D eigenvalue weighted by atomic mass is 9.91. The van der Waals surface area contributed by atoms with E-state index in [0.717, 1.165) is 12.8 Å². The zero-order chi connectivity index (χ0) is 19.0. The minimum absolute atomic E-state index is 0.0765. The van der Waals surface area contributed by atoms with Crippen LogP contribution in [0.25, 0.3) is 0 Å². The molecule has 0 radical (unpaired) electrons. The normalized spacial score (nSPS) is 27.4. The Morgan fingerprint density at radius 1 is 1.36 bits per heavy atom. The van der Waals surface area contributed by atoms with E-state index in [4.69, 9.17) is 9.47 Å². The van der Waals surface area contributed by atoms with Gasteiger partial charge in [0.15, 0.2) is 6.61 Å². The van der Waals surface area contributed by atoms with Gasteiger partial charge in [-0.15, -0.1) is 0 Å². The maximum Gasteiger partial charge on any atom is 0.439 e. The molecule has 4 unspecified atom stereocenters. The van der Waals surface area contributed by atoms with Gasteiger partial charge in [-0.05, 0) is 19.8 Å². The monoisotopic (exact) mass is 384 g/mol. The number of fused-ring (bicyclic) bond motifs is 1. The number of halogens is 2. The molecule has 1 heterocycles. The first-order valence-corrected chi connectivity index (χ1v) is 9.49. The van der Waals surface area contributed by atoms with Crippen molar-refractivity contribution in [2.45, 2.75) is 43.6 Å². The zero-order valence-corrected chi connectivity index (χ0v) is 14.4. The summed E-state index contributed by atoms with van der Waals surface area (Å²) in [5, 5.41) is -4.75. The molecule has 1 aliphatic heterocycles. The van der Waals surface area contributed by atoms with Crippen LogP contribution in [0.5, 0.6) is 0 Å². The number of rotatable bonds is 6. The van der Waals surface area contributed by atoms with E-state index in [1.807, 2.05) is 0 Å². The van der Waals surface area contributed by atoms with Crippen molar-refractivity contribution in [3.63, 3.8) is 0 Å². The minimum atomic E-state index is -5.02. The Bertz CT molecular complexity index is 674. The molecule has 0 spiro atoms. The van der Waals surface area contributed by atoms with Gasteiger partial charge in [0.25, 0.3) is 0 Å². The number of sulfone groups is 1.